The van der Waals surface area contributed by atoms with Crippen LogP contribution in [0.5, 0.6) is 11.5 Å². The number of aromatic nitrogens is 1. The van der Waals surface area contributed by atoms with E-state index >= 15 is 0 Å². The fourth-order valence-corrected chi connectivity index (χ4v) is 1.75. The lowest BCUT2D eigenvalue weighted by Crippen LogP contribution is -2.14. The second kappa shape index (κ2) is 6.71. The molecule has 21 heavy (non-hydrogen) atoms. The van der Waals surface area contributed by atoms with Crippen LogP contribution < -0.4 is 20.5 Å². The number of hydrogen-bond donors (Lipinski definition) is 2. The summed E-state index contributed by atoms with van der Waals surface area (Å²) in [5, 5.41) is 2.75. The van der Waals surface area contributed by atoms with Crippen LogP contribution in [0.25, 0.3) is 0 Å². The molecule has 110 valence electrons. The third-order valence-corrected chi connectivity index (χ3v) is 2.90. The summed E-state index contributed by atoms with van der Waals surface area (Å²) >= 11 is 0. The maximum atomic E-state index is 12.1. The lowest BCUT2D eigenvalue weighted by molar-refractivity contribution is 0.102. The number of nitrogens with one attached hydrogen (secondary N) is 1. The minimum absolute atomic E-state index is 0.311. The third-order valence-electron chi connectivity index (χ3n) is 2.90. The molecular weight excluding hydrogens is 270 g/mol. The minimum Gasteiger partial charge on any atom is -0.497 e. The standard InChI is InChI=1S/C15H17N3O3/c1-20-12-5-11(6-13(7-12)21-2)18-15(19)14-4-3-10(8-16)9-17-14/h3-7,9H,8,16H2,1-2H3,(H,18,19). The van der Waals surface area contributed by atoms with Crippen molar-refractivity contribution in [1.29, 1.82) is 0 Å². The average molecular weight is 287 g/mol. The summed E-state index contributed by atoms with van der Waals surface area (Å²) < 4.78 is 10.3. The Morgan fingerprint density at radius 2 is 1.86 bits per heavy atom. The molecule has 0 unspecified atom stereocenters. The number of ether oxygens (including phenoxy) is 2. The highest BCUT2D eigenvalue weighted by atomic mass is 16.5. The van der Waals surface area contributed by atoms with Gasteiger partial charge in [-0.1, -0.05) is 6.07 Å². The Labute approximate surface area is 122 Å². The summed E-state index contributed by atoms with van der Waals surface area (Å²) in [7, 11) is 3.10. The number of hydrogen-bond acceptors (Lipinski definition) is 5. The van der Waals surface area contributed by atoms with E-state index in [1.54, 1.807) is 50.7 Å². The Balaban J connectivity index is 2.18. The molecule has 2 rings (SSSR count). The molecule has 0 saturated heterocycles. The van der Waals surface area contributed by atoms with Gasteiger partial charge in [0.15, 0.2) is 0 Å². The zero-order valence-corrected chi connectivity index (χ0v) is 11.9. The van der Waals surface area contributed by atoms with Crippen molar-refractivity contribution in [3.05, 3.63) is 47.8 Å². The van der Waals surface area contributed by atoms with E-state index in [1.165, 1.54) is 0 Å². The van der Waals surface area contributed by atoms with Crippen LogP contribution in [0.1, 0.15) is 16.1 Å². The van der Waals surface area contributed by atoms with Gasteiger partial charge in [-0.2, -0.15) is 0 Å². The summed E-state index contributed by atoms with van der Waals surface area (Å²) in [5.74, 6) is 0.876. The molecule has 1 amide bonds. The Hall–Kier alpha value is -2.60. The first-order valence-electron chi connectivity index (χ1n) is 6.35. The number of rotatable bonds is 5. The molecule has 6 nitrogen and oxygen atoms in total. The Morgan fingerprint density at radius 3 is 2.33 bits per heavy atom. The van der Waals surface area contributed by atoms with Crippen molar-refractivity contribution >= 4 is 11.6 Å². The first kappa shape index (κ1) is 14.8. The van der Waals surface area contributed by atoms with Gasteiger partial charge in [0.2, 0.25) is 0 Å². The first-order chi connectivity index (χ1) is 10.2. The normalized spacial score (nSPS) is 10.0. The average Bonchev–Trinajstić information content (AvgIpc) is 2.54. The quantitative estimate of drug-likeness (QED) is 0.875. The Morgan fingerprint density at radius 1 is 1.19 bits per heavy atom. The van der Waals surface area contributed by atoms with E-state index < -0.39 is 0 Å². The molecule has 0 aliphatic heterocycles. The van der Waals surface area contributed by atoms with Crippen molar-refractivity contribution in [3.63, 3.8) is 0 Å². The minimum atomic E-state index is -0.311. The van der Waals surface area contributed by atoms with E-state index in [-0.39, 0.29) is 5.91 Å². The second-order valence-corrected chi connectivity index (χ2v) is 4.31. The van der Waals surface area contributed by atoms with Crippen LogP contribution in [0.3, 0.4) is 0 Å². The Kier molecular flexibility index (Phi) is 4.73. The molecule has 1 aromatic heterocycles. The van der Waals surface area contributed by atoms with Crippen LogP contribution in [0, 0.1) is 0 Å². The van der Waals surface area contributed by atoms with Crippen LogP contribution in [-0.4, -0.2) is 25.1 Å². The molecule has 0 atom stereocenters. The maximum Gasteiger partial charge on any atom is 0.274 e. The summed E-state index contributed by atoms with van der Waals surface area (Å²) in [6.45, 7) is 0.391. The number of anilines is 1. The van der Waals surface area contributed by atoms with Gasteiger partial charge in [-0.05, 0) is 11.6 Å². The lowest BCUT2D eigenvalue weighted by atomic mass is 10.2. The molecule has 0 saturated carbocycles. The predicted octanol–water partition coefficient (Wildman–Crippen LogP) is 1.81. The molecule has 0 aliphatic rings. The van der Waals surface area contributed by atoms with Gasteiger partial charge in [0.1, 0.15) is 17.2 Å². The van der Waals surface area contributed by atoms with E-state index in [0.717, 1.165) is 5.56 Å². The topological polar surface area (TPSA) is 86.5 Å². The molecule has 0 fully saturated rings. The van der Waals surface area contributed by atoms with Crippen LogP contribution in [0.15, 0.2) is 36.5 Å². The fraction of sp³-hybridized carbons (Fsp3) is 0.200. The number of benzene rings is 1. The number of carbonyl (C=O) groups excluding carboxylic acids is 1. The fourth-order valence-electron chi connectivity index (χ4n) is 1.75. The molecule has 1 aromatic carbocycles. The van der Waals surface area contributed by atoms with Gasteiger partial charge in [0.25, 0.3) is 5.91 Å². The number of nitrogens with zero attached hydrogens (tertiary/aromatic N) is 1. The second-order valence-electron chi connectivity index (χ2n) is 4.31. The van der Waals surface area contributed by atoms with Crippen molar-refractivity contribution in [2.24, 2.45) is 5.73 Å². The van der Waals surface area contributed by atoms with E-state index in [2.05, 4.69) is 10.3 Å². The summed E-state index contributed by atoms with van der Waals surface area (Å²) in [6, 6.07) is 8.54. The first-order valence-corrected chi connectivity index (χ1v) is 6.35. The van der Waals surface area contributed by atoms with Crippen molar-refractivity contribution in [1.82, 2.24) is 4.98 Å². The largest absolute Gasteiger partial charge is 0.497 e. The van der Waals surface area contributed by atoms with Crippen LogP contribution in [0.2, 0.25) is 0 Å². The molecule has 0 bridgehead atoms. The van der Waals surface area contributed by atoms with Gasteiger partial charge < -0.3 is 20.5 Å². The maximum absolute atomic E-state index is 12.1. The molecule has 3 N–H and O–H groups in total. The zero-order valence-electron chi connectivity index (χ0n) is 11.9. The van der Waals surface area contributed by atoms with Gasteiger partial charge in [0.05, 0.1) is 14.2 Å². The molecule has 6 heteroatoms. The molecule has 0 aliphatic carbocycles. The van der Waals surface area contributed by atoms with Crippen LogP contribution in [0.4, 0.5) is 5.69 Å². The lowest BCUT2D eigenvalue weighted by Gasteiger charge is -2.09. The molecule has 0 radical (unpaired) electrons. The van der Waals surface area contributed by atoms with E-state index in [1.807, 2.05) is 0 Å². The summed E-state index contributed by atoms with van der Waals surface area (Å²) in [6.07, 6.45) is 1.58. The number of nitrogens with two attached hydrogens (primary N) is 1. The highest BCUT2D eigenvalue weighted by molar-refractivity contribution is 6.03. The van der Waals surface area contributed by atoms with Gasteiger partial charge in [0, 0.05) is 36.6 Å². The smallest absolute Gasteiger partial charge is 0.274 e. The number of pyridine rings is 1. The van der Waals surface area contributed by atoms with Gasteiger partial charge in [-0.25, -0.2) is 0 Å². The molecule has 0 spiro atoms. The van der Waals surface area contributed by atoms with E-state index in [0.29, 0.717) is 29.4 Å². The third kappa shape index (κ3) is 3.70. The highest BCUT2D eigenvalue weighted by Gasteiger charge is 2.09. The predicted molar refractivity (Wildman–Crippen MR) is 79.6 cm³/mol. The van der Waals surface area contributed by atoms with Crippen molar-refractivity contribution < 1.29 is 14.3 Å². The molecular formula is C15H17N3O3. The SMILES string of the molecule is COc1cc(NC(=O)c2ccc(CN)cn2)cc(OC)c1. The monoisotopic (exact) mass is 287 g/mol. The van der Waals surface area contributed by atoms with E-state index in [9.17, 15) is 4.79 Å². The van der Waals surface area contributed by atoms with Crippen molar-refractivity contribution in [2.75, 3.05) is 19.5 Å². The van der Waals surface area contributed by atoms with Gasteiger partial charge in [-0.15, -0.1) is 0 Å². The highest BCUT2D eigenvalue weighted by Crippen LogP contribution is 2.25. The van der Waals surface area contributed by atoms with Crippen molar-refractivity contribution in [3.8, 4) is 11.5 Å². The van der Waals surface area contributed by atoms with Crippen molar-refractivity contribution in [2.45, 2.75) is 6.54 Å². The summed E-state index contributed by atoms with van der Waals surface area (Å²) in [5.41, 5.74) is 7.25. The molecule has 2 aromatic rings. The Bertz CT molecular complexity index is 604. The summed E-state index contributed by atoms with van der Waals surface area (Å²) in [4.78, 5) is 16.2. The zero-order chi connectivity index (χ0) is 15.2. The van der Waals surface area contributed by atoms with E-state index in [4.69, 9.17) is 15.2 Å². The number of amides is 1. The number of carbonyl (C=O) groups is 1. The number of methoxy groups -OCH3 is 2. The van der Waals surface area contributed by atoms with Crippen LogP contribution >= 0.6 is 0 Å². The molecule has 1 heterocycles. The van der Waals surface area contributed by atoms with Gasteiger partial charge in [-0.3, -0.25) is 9.78 Å². The van der Waals surface area contributed by atoms with Crippen LogP contribution in [-0.2, 0) is 6.54 Å². The van der Waals surface area contributed by atoms with Gasteiger partial charge >= 0.3 is 0 Å².